The summed E-state index contributed by atoms with van der Waals surface area (Å²) in [6.07, 6.45) is 0. The fourth-order valence-electron chi connectivity index (χ4n) is 1.37. The topological polar surface area (TPSA) is 84.9 Å². The number of halogens is 2. The number of benzene rings is 1. The number of carbonyl (C=O) groups is 2. The third kappa shape index (κ3) is 4.64. The van der Waals surface area contributed by atoms with Gasteiger partial charge in [0.2, 0.25) is 5.91 Å². The minimum atomic E-state index is -1.28. The van der Waals surface area contributed by atoms with Gasteiger partial charge < -0.3 is 19.9 Å². The molecule has 0 bridgehead atoms. The Balaban J connectivity index is 2.79. The zero-order chi connectivity index (χ0) is 15.1. The van der Waals surface area contributed by atoms with E-state index < -0.39 is 11.9 Å². The van der Waals surface area contributed by atoms with Crippen LogP contribution in [0.1, 0.15) is 10.4 Å². The lowest BCUT2D eigenvalue weighted by Gasteiger charge is -2.12. The summed E-state index contributed by atoms with van der Waals surface area (Å²) >= 11 is 11.7. The molecule has 0 aromatic heterocycles. The zero-order valence-electron chi connectivity index (χ0n) is 10.6. The number of amides is 1. The van der Waals surface area contributed by atoms with Crippen LogP contribution in [-0.4, -0.2) is 43.9 Å². The SMILES string of the molecule is COCCOCC(=O)Nc1c(Cl)ccc(Cl)c1C(=O)O. The van der Waals surface area contributed by atoms with Gasteiger partial charge in [-0.05, 0) is 12.1 Å². The van der Waals surface area contributed by atoms with Gasteiger partial charge >= 0.3 is 5.97 Å². The number of rotatable bonds is 7. The van der Waals surface area contributed by atoms with Gasteiger partial charge in [0.15, 0.2) is 0 Å². The van der Waals surface area contributed by atoms with Crippen molar-refractivity contribution in [1.82, 2.24) is 0 Å². The average molecular weight is 322 g/mol. The van der Waals surface area contributed by atoms with Crippen LogP contribution < -0.4 is 5.32 Å². The number of hydrogen-bond acceptors (Lipinski definition) is 4. The van der Waals surface area contributed by atoms with Gasteiger partial charge in [0.25, 0.3) is 0 Å². The molecule has 1 amide bonds. The Labute approximate surface area is 125 Å². The van der Waals surface area contributed by atoms with Gasteiger partial charge in [-0.3, -0.25) is 4.79 Å². The molecule has 0 unspecified atom stereocenters. The molecule has 2 N–H and O–H groups in total. The maximum atomic E-state index is 11.6. The molecule has 0 fully saturated rings. The number of methoxy groups -OCH3 is 1. The second-order valence-electron chi connectivity index (χ2n) is 3.68. The van der Waals surface area contributed by atoms with E-state index in [1.807, 2.05) is 0 Å². The second-order valence-corrected chi connectivity index (χ2v) is 4.49. The van der Waals surface area contributed by atoms with Crippen molar-refractivity contribution in [3.05, 3.63) is 27.7 Å². The molecule has 0 aliphatic heterocycles. The summed E-state index contributed by atoms with van der Waals surface area (Å²) in [5.74, 6) is -1.82. The van der Waals surface area contributed by atoms with Crippen LogP contribution in [0.5, 0.6) is 0 Å². The lowest BCUT2D eigenvalue weighted by molar-refractivity contribution is -0.121. The molecule has 1 rings (SSSR count). The first-order valence-corrected chi connectivity index (χ1v) is 6.30. The number of aromatic carboxylic acids is 1. The van der Waals surface area contributed by atoms with E-state index in [2.05, 4.69) is 5.32 Å². The molecule has 0 aliphatic rings. The Kier molecular flexibility index (Phi) is 6.74. The zero-order valence-corrected chi connectivity index (χ0v) is 12.1. The van der Waals surface area contributed by atoms with Gasteiger partial charge in [0.1, 0.15) is 12.2 Å². The monoisotopic (exact) mass is 321 g/mol. The van der Waals surface area contributed by atoms with E-state index in [0.717, 1.165) is 0 Å². The minimum Gasteiger partial charge on any atom is -0.478 e. The van der Waals surface area contributed by atoms with Crippen molar-refractivity contribution < 1.29 is 24.2 Å². The van der Waals surface area contributed by atoms with Gasteiger partial charge in [-0.15, -0.1) is 0 Å². The highest BCUT2D eigenvalue weighted by molar-refractivity contribution is 6.38. The fraction of sp³-hybridized carbons (Fsp3) is 0.333. The highest BCUT2D eigenvalue weighted by Gasteiger charge is 2.19. The number of carboxylic acid groups (broad SMARTS) is 1. The van der Waals surface area contributed by atoms with Gasteiger partial charge in [-0.1, -0.05) is 23.2 Å². The number of nitrogens with one attached hydrogen (secondary N) is 1. The van der Waals surface area contributed by atoms with E-state index in [1.165, 1.54) is 19.2 Å². The molecular weight excluding hydrogens is 309 g/mol. The Hall–Kier alpha value is -1.34. The molecule has 0 aliphatic carbocycles. The molecule has 1 aromatic carbocycles. The molecule has 0 atom stereocenters. The number of ether oxygens (including phenoxy) is 2. The van der Waals surface area contributed by atoms with Crippen molar-refractivity contribution in [3.63, 3.8) is 0 Å². The molecule has 0 radical (unpaired) electrons. The van der Waals surface area contributed by atoms with Crippen LogP contribution in [0.3, 0.4) is 0 Å². The van der Waals surface area contributed by atoms with Crippen LogP contribution in [0.4, 0.5) is 5.69 Å². The third-order valence-electron chi connectivity index (χ3n) is 2.25. The van der Waals surface area contributed by atoms with E-state index in [1.54, 1.807) is 0 Å². The maximum Gasteiger partial charge on any atom is 0.339 e. The molecule has 110 valence electrons. The number of hydrogen-bond donors (Lipinski definition) is 2. The van der Waals surface area contributed by atoms with Crippen LogP contribution in [0, 0.1) is 0 Å². The summed E-state index contributed by atoms with van der Waals surface area (Å²) < 4.78 is 9.77. The lowest BCUT2D eigenvalue weighted by atomic mass is 10.1. The normalized spacial score (nSPS) is 10.3. The summed E-state index contributed by atoms with van der Waals surface area (Å²) in [7, 11) is 1.51. The molecule has 8 heteroatoms. The van der Waals surface area contributed by atoms with Crippen molar-refractivity contribution in [2.45, 2.75) is 0 Å². The first-order chi connectivity index (χ1) is 9.47. The molecular formula is C12H13Cl2NO5. The average Bonchev–Trinajstić information content (AvgIpc) is 2.38. The van der Waals surface area contributed by atoms with Crippen LogP contribution >= 0.6 is 23.2 Å². The molecule has 6 nitrogen and oxygen atoms in total. The molecule has 0 saturated heterocycles. The predicted octanol–water partition coefficient (Wildman–Crippen LogP) is 2.29. The number of carboxylic acids is 1. The van der Waals surface area contributed by atoms with Gasteiger partial charge in [-0.2, -0.15) is 0 Å². The quantitative estimate of drug-likeness (QED) is 0.753. The highest BCUT2D eigenvalue weighted by Crippen LogP contribution is 2.31. The number of anilines is 1. The maximum absolute atomic E-state index is 11.6. The lowest BCUT2D eigenvalue weighted by Crippen LogP contribution is -2.21. The minimum absolute atomic E-state index is 0.0162. The second kappa shape index (κ2) is 8.06. The van der Waals surface area contributed by atoms with Crippen LogP contribution in [0.25, 0.3) is 0 Å². The molecule has 1 aromatic rings. The van der Waals surface area contributed by atoms with E-state index in [0.29, 0.717) is 6.61 Å². The van der Waals surface area contributed by atoms with E-state index in [9.17, 15) is 9.59 Å². The Morgan fingerprint density at radius 2 is 1.90 bits per heavy atom. The van der Waals surface area contributed by atoms with Gasteiger partial charge in [-0.25, -0.2) is 4.79 Å². The molecule has 0 spiro atoms. The van der Waals surface area contributed by atoms with Gasteiger partial charge in [0.05, 0.1) is 28.9 Å². The van der Waals surface area contributed by atoms with E-state index >= 15 is 0 Å². The predicted molar refractivity (Wildman–Crippen MR) is 74.7 cm³/mol. The number of carbonyl (C=O) groups excluding carboxylic acids is 1. The highest BCUT2D eigenvalue weighted by atomic mass is 35.5. The Bertz CT molecular complexity index is 507. The summed E-state index contributed by atoms with van der Waals surface area (Å²) in [6, 6.07) is 2.75. The van der Waals surface area contributed by atoms with Crippen LogP contribution in [-0.2, 0) is 14.3 Å². The molecule has 0 heterocycles. The third-order valence-corrected chi connectivity index (χ3v) is 2.88. The summed E-state index contributed by atoms with van der Waals surface area (Å²) in [5, 5.41) is 11.5. The first kappa shape index (κ1) is 16.7. The fourth-order valence-corrected chi connectivity index (χ4v) is 1.81. The molecule has 0 saturated carbocycles. The van der Waals surface area contributed by atoms with Crippen molar-refractivity contribution in [3.8, 4) is 0 Å². The molecule has 20 heavy (non-hydrogen) atoms. The smallest absolute Gasteiger partial charge is 0.339 e. The largest absolute Gasteiger partial charge is 0.478 e. The van der Waals surface area contributed by atoms with Crippen molar-refractivity contribution in [1.29, 1.82) is 0 Å². The summed E-state index contributed by atoms with van der Waals surface area (Å²) in [5.41, 5.74) is -0.309. The van der Waals surface area contributed by atoms with Crippen molar-refractivity contribution >= 4 is 40.8 Å². The Morgan fingerprint density at radius 3 is 2.50 bits per heavy atom. The van der Waals surface area contributed by atoms with Crippen LogP contribution in [0.15, 0.2) is 12.1 Å². The summed E-state index contributed by atoms with van der Waals surface area (Å²) in [6.45, 7) is 0.357. The van der Waals surface area contributed by atoms with Crippen molar-refractivity contribution in [2.75, 3.05) is 32.2 Å². The van der Waals surface area contributed by atoms with E-state index in [4.69, 9.17) is 37.8 Å². The standard InChI is InChI=1S/C12H13Cl2NO5/c1-19-4-5-20-6-9(16)15-11-8(14)3-2-7(13)10(11)12(17)18/h2-3H,4-6H2,1H3,(H,15,16)(H,17,18). The first-order valence-electron chi connectivity index (χ1n) is 5.55. The van der Waals surface area contributed by atoms with E-state index in [-0.39, 0.29) is 34.5 Å². The van der Waals surface area contributed by atoms with Gasteiger partial charge in [0, 0.05) is 7.11 Å². The Morgan fingerprint density at radius 1 is 1.25 bits per heavy atom. The summed E-state index contributed by atoms with van der Waals surface area (Å²) in [4.78, 5) is 22.8. The van der Waals surface area contributed by atoms with Crippen LogP contribution in [0.2, 0.25) is 10.0 Å². The van der Waals surface area contributed by atoms with Crippen molar-refractivity contribution in [2.24, 2.45) is 0 Å².